The lowest BCUT2D eigenvalue weighted by Crippen LogP contribution is -2.57. The number of imidazole rings is 1. The Labute approximate surface area is 208 Å². The molecular weight excluding hydrogens is 482 g/mol. The Kier molecular flexibility index (Phi) is 14.3. The first kappa shape index (κ1) is 29.7. The van der Waals surface area contributed by atoms with Crippen molar-refractivity contribution in [3.05, 3.63) is 18.2 Å². The van der Waals surface area contributed by atoms with E-state index in [0.717, 1.165) is 0 Å². The number of nitrogens with zero attached hydrogens (tertiary/aromatic N) is 1. The average Bonchev–Trinajstić information content (AvgIpc) is 3.32. The Morgan fingerprint density at radius 2 is 1.74 bits per heavy atom. The van der Waals surface area contributed by atoms with Crippen LogP contribution in [0.2, 0.25) is 0 Å². The van der Waals surface area contributed by atoms with Gasteiger partial charge >= 0.3 is 5.97 Å². The van der Waals surface area contributed by atoms with Gasteiger partial charge in [0.25, 0.3) is 0 Å². The Hall–Kier alpha value is -2.29. The molecule has 0 aliphatic heterocycles. The van der Waals surface area contributed by atoms with Crippen molar-refractivity contribution < 1.29 is 24.3 Å². The number of unbranched alkanes of at least 4 members (excludes halogenated alkanes) is 1. The number of hydrogen-bond acceptors (Lipinski definition) is 9. The number of thioether (sulfide) groups is 1. The SMILES string of the molecule is CSCCC(N)C(=O)NC(CS)C(=O)NC(CCCCN)C(=O)NC(Cc1cnc[nH]1)C(=O)O. The van der Waals surface area contributed by atoms with Crippen LogP contribution in [0.3, 0.4) is 0 Å². The molecule has 0 saturated carbocycles. The predicted octanol–water partition coefficient (Wildman–Crippen LogP) is -1.37. The van der Waals surface area contributed by atoms with Crippen LogP contribution < -0.4 is 27.4 Å². The molecule has 1 aromatic heterocycles. The first-order valence-corrected chi connectivity index (χ1v) is 12.9. The third kappa shape index (κ3) is 10.8. The van der Waals surface area contributed by atoms with Crippen molar-refractivity contribution in [2.45, 2.75) is 56.3 Å². The fraction of sp³-hybridized carbons (Fsp3) is 0.650. The fourth-order valence-electron chi connectivity index (χ4n) is 2.97. The number of carbonyl (C=O) groups is 4. The zero-order valence-electron chi connectivity index (χ0n) is 19.2. The third-order valence-electron chi connectivity index (χ3n) is 4.96. The maximum Gasteiger partial charge on any atom is 0.326 e. The van der Waals surface area contributed by atoms with Gasteiger partial charge in [-0.25, -0.2) is 9.78 Å². The molecule has 1 aromatic rings. The molecule has 3 amide bonds. The Morgan fingerprint density at radius 3 is 2.29 bits per heavy atom. The van der Waals surface area contributed by atoms with Gasteiger partial charge in [0, 0.05) is 24.1 Å². The smallest absolute Gasteiger partial charge is 0.326 e. The van der Waals surface area contributed by atoms with Crippen LogP contribution in [0.1, 0.15) is 31.4 Å². The van der Waals surface area contributed by atoms with Gasteiger partial charge in [-0.1, -0.05) is 0 Å². The molecule has 0 radical (unpaired) electrons. The van der Waals surface area contributed by atoms with Gasteiger partial charge in [-0.05, 0) is 44.2 Å². The number of aromatic amines is 1. The van der Waals surface area contributed by atoms with E-state index >= 15 is 0 Å². The van der Waals surface area contributed by atoms with E-state index in [1.165, 1.54) is 12.5 Å². The summed E-state index contributed by atoms with van der Waals surface area (Å²) < 4.78 is 0. The van der Waals surface area contributed by atoms with E-state index in [1.54, 1.807) is 11.8 Å². The van der Waals surface area contributed by atoms with E-state index in [9.17, 15) is 24.3 Å². The van der Waals surface area contributed by atoms with Crippen LogP contribution in [-0.4, -0.2) is 87.2 Å². The zero-order valence-corrected chi connectivity index (χ0v) is 20.9. The van der Waals surface area contributed by atoms with Gasteiger partial charge in [-0.3, -0.25) is 14.4 Å². The van der Waals surface area contributed by atoms with Gasteiger partial charge in [0.2, 0.25) is 17.7 Å². The molecule has 1 rings (SSSR count). The highest BCUT2D eigenvalue weighted by molar-refractivity contribution is 7.98. The summed E-state index contributed by atoms with van der Waals surface area (Å²) in [5.41, 5.74) is 11.9. The Bertz CT molecular complexity index is 781. The molecule has 34 heavy (non-hydrogen) atoms. The lowest BCUT2D eigenvalue weighted by atomic mass is 10.1. The molecule has 0 fully saturated rings. The van der Waals surface area contributed by atoms with E-state index < -0.39 is 47.9 Å². The van der Waals surface area contributed by atoms with Crippen molar-refractivity contribution in [3.8, 4) is 0 Å². The van der Waals surface area contributed by atoms with E-state index in [-0.39, 0.29) is 18.6 Å². The first-order chi connectivity index (χ1) is 16.2. The minimum atomic E-state index is -1.23. The highest BCUT2D eigenvalue weighted by atomic mass is 32.2. The first-order valence-electron chi connectivity index (χ1n) is 10.9. The second-order valence-electron chi connectivity index (χ2n) is 7.66. The molecule has 9 N–H and O–H groups in total. The van der Waals surface area contributed by atoms with Crippen LogP contribution in [-0.2, 0) is 25.6 Å². The third-order valence-corrected chi connectivity index (χ3v) is 5.97. The van der Waals surface area contributed by atoms with Crippen LogP contribution in [0.5, 0.6) is 0 Å². The molecule has 4 atom stereocenters. The van der Waals surface area contributed by atoms with Gasteiger partial charge in [0.15, 0.2) is 0 Å². The summed E-state index contributed by atoms with van der Waals surface area (Å²) in [7, 11) is 0. The van der Waals surface area contributed by atoms with Crippen LogP contribution in [0.4, 0.5) is 0 Å². The minimum Gasteiger partial charge on any atom is -0.480 e. The molecule has 0 spiro atoms. The van der Waals surface area contributed by atoms with Gasteiger partial charge in [-0.2, -0.15) is 24.4 Å². The van der Waals surface area contributed by atoms with Crippen molar-refractivity contribution in [2.75, 3.05) is 24.3 Å². The number of aliphatic carboxylic acids is 1. The lowest BCUT2D eigenvalue weighted by molar-refractivity contribution is -0.142. The number of thiol groups is 1. The second kappa shape index (κ2) is 16.4. The van der Waals surface area contributed by atoms with Crippen molar-refractivity contribution in [1.29, 1.82) is 0 Å². The number of nitrogens with one attached hydrogen (secondary N) is 4. The molecule has 0 aromatic carbocycles. The number of carboxylic acids is 1. The van der Waals surface area contributed by atoms with E-state index in [1.807, 2.05) is 6.26 Å². The molecule has 0 aliphatic carbocycles. The molecule has 4 unspecified atom stereocenters. The lowest BCUT2D eigenvalue weighted by Gasteiger charge is -2.24. The fourth-order valence-corrected chi connectivity index (χ4v) is 3.72. The number of hydrogen-bond donors (Lipinski definition) is 8. The number of aromatic nitrogens is 2. The van der Waals surface area contributed by atoms with E-state index in [4.69, 9.17) is 11.5 Å². The summed E-state index contributed by atoms with van der Waals surface area (Å²) in [6.45, 7) is 0.406. The molecule has 0 bridgehead atoms. The van der Waals surface area contributed by atoms with Gasteiger partial charge in [0.1, 0.15) is 18.1 Å². The summed E-state index contributed by atoms with van der Waals surface area (Å²) in [4.78, 5) is 56.3. The molecule has 1 heterocycles. The standard InChI is InChI=1S/C20H35N7O5S2/c1-34-7-5-13(22)17(28)27-16(10-33)19(30)25-14(4-2-3-6-21)18(29)26-15(20(31)32)8-12-9-23-11-24-12/h9,11,13-16,33H,2-8,10,21-22H2,1H3,(H,23,24)(H,25,30)(H,26,29)(H,27,28)(H,31,32). The number of amides is 3. The van der Waals surface area contributed by atoms with Crippen LogP contribution >= 0.6 is 24.4 Å². The summed E-state index contributed by atoms with van der Waals surface area (Å²) in [5, 5.41) is 17.1. The summed E-state index contributed by atoms with van der Waals surface area (Å²) in [6.07, 6.45) is 6.60. The predicted molar refractivity (Wildman–Crippen MR) is 133 cm³/mol. The van der Waals surface area contributed by atoms with Crippen molar-refractivity contribution >= 4 is 48.1 Å². The Morgan fingerprint density at radius 1 is 1.09 bits per heavy atom. The number of carbonyl (C=O) groups excluding carboxylic acids is 3. The molecule has 192 valence electrons. The van der Waals surface area contributed by atoms with Gasteiger partial charge in [0.05, 0.1) is 12.4 Å². The van der Waals surface area contributed by atoms with Crippen molar-refractivity contribution in [2.24, 2.45) is 11.5 Å². The minimum absolute atomic E-state index is 0.00615. The average molecular weight is 518 g/mol. The quantitative estimate of drug-likeness (QED) is 0.0905. The maximum absolute atomic E-state index is 12.9. The highest BCUT2D eigenvalue weighted by Crippen LogP contribution is 2.06. The number of nitrogens with two attached hydrogens (primary N) is 2. The van der Waals surface area contributed by atoms with Gasteiger partial charge < -0.3 is 37.5 Å². The molecule has 0 saturated heterocycles. The number of carboxylic acid groups (broad SMARTS) is 1. The summed E-state index contributed by atoms with van der Waals surface area (Å²) >= 11 is 5.69. The molecular formula is C20H35N7O5S2. The molecule has 12 nitrogen and oxygen atoms in total. The van der Waals surface area contributed by atoms with Crippen LogP contribution in [0, 0.1) is 0 Å². The van der Waals surface area contributed by atoms with Gasteiger partial charge in [-0.15, -0.1) is 0 Å². The topological polar surface area (TPSA) is 205 Å². The van der Waals surface area contributed by atoms with E-state index in [2.05, 4.69) is 38.5 Å². The second-order valence-corrected chi connectivity index (χ2v) is 9.01. The van der Waals surface area contributed by atoms with E-state index in [0.29, 0.717) is 37.3 Å². The molecule has 14 heteroatoms. The van der Waals surface area contributed by atoms with Crippen LogP contribution in [0.25, 0.3) is 0 Å². The Balaban J connectivity index is 2.84. The molecule has 0 aliphatic rings. The summed E-state index contributed by atoms with van der Waals surface area (Å²) in [6, 6.07) is -4.03. The number of H-pyrrole nitrogens is 1. The highest BCUT2D eigenvalue weighted by Gasteiger charge is 2.30. The number of rotatable bonds is 17. The zero-order chi connectivity index (χ0) is 25.5. The maximum atomic E-state index is 12.9. The van der Waals surface area contributed by atoms with Crippen molar-refractivity contribution in [1.82, 2.24) is 25.9 Å². The van der Waals surface area contributed by atoms with Crippen molar-refractivity contribution in [3.63, 3.8) is 0 Å². The largest absolute Gasteiger partial charge is 0.480 e. The monoisotopic (exact) mass is 517 g/mol. The summed E-state index contributed by atoms with van der Waals surface area (Å²) in [5.74, 6) is -2.31. The normalized spacial score (nSPS) is 14.5. The van der Waals surface area contributed by atoms with Crippen LogP contribution in [0.15, 0.2) is 12.5 Å².